The Kier molecular flexibility index (Phi) is 1.78. The summed E-state index contributed by atoms with van der Waals surface area (Å²) in [7, 11) is 0. The van der Waals surface area contributed by atoms with Crippen molar-refractivity contribution in [1.29, 1.82) is 0 Å². The summed E-state index contributed by atoms with van der Waals surface area (Å²) < 4.78 is 0. The van der Waals surface area contributed by atoms with E-state index in [9.17, 15) is 4.79 Å². The van der Waals surface area contributed by atoms with Crippen molar-refractivity contribution < 1.29 is 4.79 Å². The fourth-order valence-electron chi connectivity index (χ4n) is 2.12. The fraction of sp³-hybridized carbons (Fsp3) is 0.250. The second kappa shape index (κ2) is 3.12. The van der Waals surface area contributed by atoms with Gasteiger partial charge in [-0.05, 0) is 18.1 Å². The van der Waals surface area contributed by atoms with Crippen molar-refractivity contribution in [2.24, 2.45) is 0 Å². The van der Waals surface area contributed by atoms with Gasteiger partial charge in [0.05, 0.1) is 0 Å². The summed E-state index contributed by atoms with van der Waals surface area (Å²) in [5.41, 5.74) is 2.45. The maximum absolute atomic E-state index is 10.8. The van der Waals surface area contributed by atoms with Crippen LogP contribution in [0.5, 0.6) is 0 Å². The van der Waals surface area contributed by atoms with Crippen molar-refractivity contribution in [3.05, 3.63) is 36.0 Å². The molecular weight excluding hydrogens is 188 g/mol. The highest BCUT2D eigenvalue weighted by atomic mass is 16.2. The Morgan fingerprint density at radius 1 is 1.33 bits per heavy atom. The number of fused-ring (bicyclic) bond motifs is 1. The highest BCUT2D eigenvalue weighted by molar-refractivity contribution is 5.85. The van der Waals surface area contributed by atoms with Gasteiger partial charge in [-0.25, -0.2) is 0 Å². The average Bonchev–Trinajstić information content (AvgIpc) is 2.60. The summed E-state index contributed by atoms with van der Waals surface area (Å²) in [5, 5.41) is 4.16. The monoisotopic (exact) mass is 200 g/mol. The molecule has 76 valence electrons. The molecule has 0 spiro atoms. The molecule has 0 unspecified atom stereocenters. The van der Waals surface area contributed by atoms with Gasteiger partial charge in [0.25, 0.3) is 0 Å². The zero-order valence-corrected chi connectivity index (χ0v) is 8.29. The van der Waals surface area contributed by atoms with Crippen molar-refractivity contribution in [2.45, 2.75) is 18.9 Å². The van der Waals surface area contributed by atoms with Gasteiger partial charge in [-0.15, -0.1) is 0 Å². The molecule has 0 bridgehead atoms. The Balaban J connectivity index is 1.88. The molecule has 15 heavy (non-hydrogen) atoms. The number of amides is 1. The number of para-hydroxylation sites is 1. The van der Waals surface area contributed by atoms with Crippen molar-refractivity contribution in [2.75, 3.05) is 0 Å². The lowest BCUT2D eigenvalue weighted by atomic mass is 9.97. The topological polar surface area (TPSA) is 44.9 Å². The molecule has 3 heteroatoms. The molecule has 1 aliphatic rings. The highest BCUT2D eigenvalue weighted by Crippen LogP contribution is 2.21. The van der Waals surface area contributed by atoms with Crippen molar-refractivity contribution in [3.63, 3.8) is 0 Å². The van der Waals surface area contributed by atoms with Gasteiger partial charge in [-0.3, -0.25) is 4.79 Å². The first-order valence-electron chi connectivity index (χ1n) is 5.17. The summed E-state index contributed by atoms with van der Waals surface area (Å²) in [5.74, 6) is 0.167. The Hall–Kier alpha value is -1.77. The van der Waals surface area contributed by atoms with E-state index in [1.807, 2.05) is 18.3 Å². The van der Waals surface area contributed by atoms with E-state index >= 15 is 0 Å². The Morgan fingerprint density at radius 3 is 2.93 bits per heavy atom. The standard InChI is InChI=1S/C12H12N2O/c15-12-6-9(14-12)5-8-7-13-11-4-2-1-3-10(8)11/h1-4,7,9,13H,5-6H2,(H,14,15)/t9-/m0/s1. The molecule has 3 rings (SSSR count). The van der Waals surface area contributed by atoms with Gasteiger partial charge in [-0.1, -0.05) is 18.2 Å². The number of aromatic amines is 1. The van der Waals surface area contributed by atoms with Gasteiger partial charge in [0.2, 0.25) is 5.91 Å². The Labute approximate surface area is 87.5 Å². The second-order valence-corrected chi connectivity index (χ2v) is 4.03. The van der Waals surface area contributed by atoms with Gasteiger partial charge in [-0.2, -0.15) is 0 Å². The third-order valence-corrected chi connectivity index (χ3v) is 2.94. The van der Waals surface area contributed by atoms with Crippen LogP contribution < -0.4 is 5.32 Å². The molecule has 2 aromatic rings. The van der Waals surface area contributed by atoms with E-state index in [0.717, 1.165) is 11.9 Å². The first kappa shape index (κ1) is 8.53. The number of aromatic nitrogens is 1. The minimum atomic E-state index is 0.167. The fourth-order valence-corrected chi connectivity index (χ4v) is 2.12. The van der Waals surface area contributed by atoms with E-state index in [0.29, 0.717) is 12.5 Å². The number of carbonyl (C=O) groups excluding carboxylic acids is 1. The van der Waals surface area contributed by atoms with Crippen LogP contribution >= 0.6 is 0 Å². The van der Waals surface area contributed by atoms with E-state index in [1.54, 1.807) is 0 Å². The number of hydrogen-bond acceptors (Lipinski definition) is 1. The third-order valence-electron chi connectivity index (χ3n) is 2.94. The van der Waals surface area contributed by atoms with Crippen LogP contribution in [0.3, 0.4) is 0 Å². The molecule has 1 aliphatic heterocycles. The third kappa shape index (κ3) is 1.40. The lowest BCUT2D eigenvalue weighted by molar-refractivity contribution is -0.128. The lowest BCUT2D eigenvalue weighted by Crippen LogP contribution is -2.49. The molecule has 0 aliphatic carbocycles. The maximum atomic E-state index is 10.8. The summed E-state index contributed by atoms with van der Waals surface area (Å²) in [6, 6.07) is 8.57. The number of benzene rings is 1. The van der Waals surface area contributed by atoms with Crippen molar-refractivity contribution >= 4 is 16.8 Å². The quantitative estimate of drug-likeness (QED) is 0.710. The minimum absolute atomic E-state index is 0.167. The zero-order chi connectivity index (χ0) is 10.3. The molecular formula is C12H12N2O. The van der Waals surface area contributed by atoms with Crippen LogP contribution in [0.2, 0.25) is 0 Å². The molecule has 1 saturated heterocycles. The molecule has 3 nitrogen and oxygen atoms in total. The molecule has 1 atom stereocenters. The largest absolute Gasteiger partial charge is 0.361 e. The predicted octanol–water partition coefficient (Wildman–Crippen LogP) is 1.60. The molecule has 2 N–H and O–H groups in total. The summed E-state index contributed by atoms with van der Waals surface area (Å²) in [4.78, 5) is 14.0. The van der Waals surface area contributed by atoms with E-state index in [1.165, 1.54) is 10.9 Å². The molecule has 2 heterocycles. The Morgan fingerprint density at radius 2 is 2.13 bits per heavy atom. The van der Waals surface area contributed by atoms with Crippen LogP contribution in [0, 0.1) is 0 Å². The number of rotatable bonds is 2. The normalized spacial score (nSPS) is 20.0. The van der Waals surface area contributed by atoms with Crippen molar-refractivity contribution in [3.8, 4) is 0 Å². The minimum Gasteiger partial charge on any atom is -0.361 e. The molecule has 0 radical (unpaired) electrons. The van der Waals surface area contributed by atoms with E-state index < -0.39 is 0 Å². The van der Waals surface area contributed by atoms with Gasteiger partial charge in [0.1, 0.15) is 0 Å². The van der Waals surface area contributed by atoms with E-state index in [4.69, 9.17) is 0 Å². The number of β-lactam (4-membered cyclic amide) rings is 1. The van der Waals surface area contributed by atoms with Crippen LogP contribution in [0.25, 0.3) is 10.9 Å². The molecule has 1 amide bonds. The summed E-state index contributed by atoms with van der Waals surface area (Å²) >= 11 is 0. The van der Waals surface area contributed by atoms with Crippen molar-refractivity contribution in [1.82, 2.24) is 10.3 Å². The SMILES string of the molecule is O=C1C[C@H](Cc2c[nH]c3ccccc23)N1. The van der Waals surface area contributed by atoms with Crippen LogP contribution in [0.4, 0.5) is 0 Å². The zero-order valence-electron chi connectivity index (χ0n) is 8.29. The summed E-state index contributed by atoms with van der Waals surface area (Å²) in [6.07, 6.45) is 3.63. The van der Waals surface area contributed by atoms with Gasteiger partial charge >= 0.3 is 0 Å². The van der Waals surface area contributed by atoms with Crippen LogP contribution in [-0.4, -0.2) is 16.9 Å². The molecule has 1 fully saturated rings. The predicted molar refractivity (Wildman–Crippen MR) is 58.6 cm³/mol. The number of nitrogens with one attached hydrogen (secondary N) is 2. The van der Waals surface area contributed by atoms with Gasteiger partial charge in [0.15, 0.2) is 0 Å². The molecule has 1 aromatic carbocycles. The number of H-pyrrole nitrogens is 1. The smallest absolute Gasteiger partial charge is 0.222 e. The Bertz CT molecular complexity index is 507. The van der Waals surface area contributed by atoms with Gasteiger partial charge in [0, 0.05) is 29.6 Å². The van der Waals surface area contributed by atoms with Crippen LogP contribution in [-0.2, 0) is 11.2 Å². The van der Waals surface area contributed by atoms with E-state index in [2.05, 4.69) is 22.4 Å². The lowest BCUT2D eigenvalue weighted by Gasteiger charge is -2.26. The number of carbonyl (C=O) groups is 1. The first-order chi connectivity index (χ1) is 7.33. The van der Waals surface area contributed by atoms with Crippen LogP contribution in [0.1, 0.15) is 12.0 Å². The maximum Gasteiger partial charge on any atom is 0.222 e. The summed E-state index contributed by atoms with van der Waals surface area (Å²) in [6.45, 7) is 0. The number of hydrogen-bond donors (Lipinski definition) is 2. The average molecular weight is 200 g/mol. The van der Waals surface area contributed by atoms with E-state index in [-0.39, 0.29) is 5.91 Å². The highest BCUT2D eigenvalue weighted by Gasteiger charge is 2.25. The van der Waals surface area contributed by atoms with Gasteiger partial charge < -0.3 is 10.3 Å². The van der Waals surface area contributed by atoms with Crippen LogP contribution in [0.15, 0.2) is 30.5 Å². The first-order valence-corrected chi connectivity index (χ1v) is 5.17. The molecule has 1 aromatic heterocycles. The second-order valence-electron chi connectivity index (χ2n) is 4.03. The molecule has 0 saturated carbocycles.